The van der Waals surface area contributed by atoms with Crippen LogP contribution in [0.4, 0.5) is 0 Å². The van der Waals surface area contributed by atoms with Crippen LogP contribution in [0.5, 0.6) is 0 Å². The highest BCUT2D eigenvalue weighted by molar-refractivity contribution is 9.10. The van der Waals surface area contributed by atoms with Gasteiger partial charge in [0.1, 0.15) is 5.69 Å². The summed E-state index contributed by atoms with van der Waals surface area (Å²) in [4.78, 5) is 8.44. The Kier molecular flexibility index (Phi) is 2.83. The van der Waals surface area contributed by atoms with E-state index in [2.05, 4.69) is 25.9 Å². The molecule has 5 heteroatoms. The van der Waals surface area contributed by atoms with Crippen molar-refractivity contribution in [2.24, 2.45) is 7.05 Å². The third-order valence-corrected chi connectivity index (χ3v) is 2.69. The molecule has 0 spiro atoms. The summed E-state index contributed by atoms with van der Waals surface area (Å²) in [5.41, 5.74) is 1.55. The van der Waals surface area contributed by atoms with Gasteiger partial charge in [-0.05, 0) is 12.1 Å². The lowest BCUT2D eigenvalue weighted by Gasteiger charge is -2.03. The van der Waals surface area contributed by atoms with Gasteiger partial charge in [-0.15, -0.1) is 0 Å². The van der Waals surface area contributed by atoms with Crippen LogP contribution in [0.1, 0.15) is 5.69 Å². The van der Waals surface area contributed by atoms with Crippen LogP contribution in [-0.4, -0.2) is 19.6 Å². The minimum Gasteiger partial charge on any atom is -0.390 e. The van der Waals surface area contributed by atoms with Gasteiger partial charge < -0.3 is 9.67 Å². The largest absolute Gasteiger partial charge is 0.390 e. The molecule has 0 bridgehead atoms. The van der Waals surface area contributed by atoms with Crippen LogP contribution in [0.2, 0.25) is 0 Å². The highest BCUT2D eigenvalue weighted by Crippen LogP contribution is 2.19. The number of imidazole rings is 1. The third kappa shape index (κ3) is 1.93. The summed E-state index contributed by atoms with van der Waals surface area (Å²) in [6.45, 7) is -0.0164. The third-order valence-electron chi connectivity index (χ3n) is 2.20. The minimum atomic E-state index is -0.0164. The zero-order valence-corrected chi connectivity index (χ0v) is 9.77. The summed E-state index contributed by atoms with van der Waals surface area (Å²) in [5.74, 6) is 0.750. The Morgan fingerprint density at radius 1 is 1.47 bits per heavy atom. The van der Waals surface area contributed by atoms with Crippen molar-refractivity contribution < 1.29 is 5.11 Å². The average molecular weight is 268 g/mol. The minimum absolute atomic E-state index is 0.0164. The molecule has 0 aliphatic heterocycles. The molecule has 0 radical (unpaired) electrons. The van der Waals surface area contributed by atoms with E-state index in [0.29, 0.717) is 0 Å². The van der Waals surface area contributed by atoms with Gasteiger partial charge in [-0.2, -0.15) is 0 Å². The molecule has 1 N–H and O–H groups in total. The second-order valence-corrected chi connectivity index (χ2v) is 4.07. The van der Waals surface area contributed by atoms with Gasteiger partial charge in [0.25, 0.3) is 0 Å². The Morgan fingerprint density at radius 3 is 2.87 bits per heavy atom. The first-order chi connectivity index (χ1) is 7.22. The number of hydrogen-bond acceptors (Lipinski definition) is 3. The number of halogens is 1. The summed E-state index contributed by atoms with van der Waals surface area (Å²) in [6.07, 6.45) is 3.37. The van der Waals surface area contributed by atoms with Crippen LogP contribution in [0.3, 0.4) is 0 Å². The molecule has 15 heavy (non-hydrogen) atoms. The molecule has 0 saturated heterocycles. The van der Waals surface area contributed by atoms with E-state index in [1.165, 1.54) is 0 Å². The first-order valence-electron chi connectivity index (χ1n) is 4.45. The van der Waals surface area contributed by atoms with Crippen molar-refractivity contribution >= 4 is 15.9 Å². The predicted octanol–water partition coefficient (Wildman–Crippen LogP) is 1.74. The van der Waals surface area contributed by atoms with Crippen LogP contribution >= 0.6 is 15.9 Å². The quantitative estimate of drug-likeness (QED) is 0.902. The van der Waals surface area contributed by atoms with Gasteiger partial charge in [-0.3, -0.25) is 4.98 Å². The van der Waals surface area contributed by atoms with E-state index in [1.54, 1.807) is 12.4 Å². The molecule has 0 aliphatic rings. The fourth-order valence-electron chi connectivity index (χ4n) is 1.36. The van der Waals surface area contributed by atoms with E-state index in [4.69, 9.17) is 5.11 Å². The number of aliphatic hydroxyl groups excluding tert-OH is 1. The first kappa shape index (κ1) is 10.3. The molecule has 0 fully saturated rings. The number of aliphatic hydroxyl groups is 1. The van der Waals surface area contributed by atoms with Crippen LogP contribution in [0.25, 0.3) is 11.5 Å². The second kappa shape index (κ2) is 4.12. The topological polar surface area (TPSA) is 50.9 Å². The van der Waals surface area contributed by atoms with Crippen LogP contribution in [0, 0.1) is 0 Å². The maximum absolute atomic E-state index is 9.04. The summed E-state index contributed by atoms with van der Waals surface area (Å²) >= 11 is 3.38. The lowest BCUT2D eigenvalue weighted by atomic mass is 10.3. The summed E-state index contributed by atoms with van der Waals surface area (Å²) in [6, 6.07) is 3.75. The molecule has 2 rings (SSSR count). The van der Waals surface area contributed by atoms with Crippen LogP contribution < -0.4 is 0 Å². The lowest BCUT2D eigenvalue weighted by Crippen LogP contribution is -1.99. The van der Waals surface area contributed by atoms with Gasteiger partial charge in [0, 0.05) is 17.7 Å². The van der Waals surface area contributed by atoms with Crippen molar-refractivity contribution in [3.8, 4) is 11.5 Å². The Labute approximate surface area is 95.7 Å². The molecule has 2 heterocycles. The summed E-state index contributed by atoms with van der Waals surface area (Å²) in [5, 5.41) is 9.04. The molecule has 0 saturated carbocycles. The smallest absolute Gasteiger partial charge is 0.158 e. The summed E-state index contributed by atoms with van der Waals surface area (Å²) < 4.78 is 2.79. The highest BCUT2D eigenvalue weighted by Gasteiger charge is 2.08. The van der Waals surface area contributed by atoms with Crippen molar-refractivity contribution in [2.45, 2.75) is 6.61 Å². The van der Waals surface area contributed by atoms with E-state index < -0.39 is 0 Å². The summed E-state index contributed by atoms with van der Waals surface area (Å²) in [7, 11) is 1.86. The molecule has 0 atom stereocenters. The van der Waals surface area contributed by atoms with Crippen LogP contribution in [0.15, 0.2) is 29.0 Å². The zero-order valence-electron chi connectivity index (χ0n) is 8.18. The van der Waals surface area contributed by atoms with E-state index in [1.807, 2.05) is 23.7 Å². The average Bonchev–Trinajstić information content (AvgIpc) is 2.59. The molecular weight excluding hydrogens is 258 g/mol. The molecular formula is C10H10BrN3O. The maximum Gasteiger partial charge on any atom is 0.158 e. The lowest BCUT2D eigenvalue weighted by molar-refractivity contribution is 0.273. The van der Waals surface area contributed by atoms with Crippen LogP contribution in [-0.2, 0) is 13.7 Å². The van der Waals surface area contributed by atoms with Crippen molar-refractivity contribution in [1.82, 2.24) is 14.5 Å². The van der Waals surface area contributed by atoms with Gasteiger partial charge in [0.2, 0.25) is 0 Å². The molecule has 0 amide bonds. The monoisotopic (exact) mass is 267 g/mol. The van der Waals surface area contributed by atoms with E-state index in [-0.39, 0.29) is 6.61 Å². The normalized spacial score (nSPS) is 10.6. The Bertz CT molecular complexity index is 481. The second-order valence-electron chi connectivity index (χ2n) is 3.15. The Balaban J connectivity index is 2.49. The Hall–Kier alpha value is -1.20. The number of rotatable bonds is 2. The molecule has 78 valence electrons. The van der Waals surface area contributed by atoms with E-state index in [0.717, 1.165) is 21.7 Å². The standard InChI is InChI=1S/C10H10BrN3O/c1-14-8(6-15)5-13-10(14)9-4-7(11)2-3-12-9/h2-5,15H,6H2,1H3. The van der Waals surface area contributed by atoms with Gasteiger partial charge in [-0.25, -0.2) is 4.98 Å². The van der Waals surface area contributed by atoms with Crippen molar-refractivity contribution in [2.75, 3.05) is 0 Å². The van der Waals surface area contributed by atoms with Crippen molar-refractivity contribution in [3.63, 3.8) is 0 Å². The van der Waals surface area contributed by atoms with Crippen molar-refractivity contribution in [1.29, 1.82) is 0 Å². The van der Waals surface area contributed by atoms with Gasteiger partial charge >= 0.3 is 0 Å². The molecule has 4 nitrogen and oxygen atoms in total. The zero-order chi connectivity index (χ0) is 10.8. The number of hydrogen-bond donors (Lipinski definition) is 1. The van der Waals surface area contributed by atoms with Gasteiger partial charge in [0.05, 0.1) is 18.5 Å². The molecule has 0 aromatic carbocycles. The first-order valence-corrected chi connectivity index (χ1v) is 5.25. The number of aromatic nitrogens is 3. The number of nitrogens with zero attached hydrogens (tertiary/aromatic N) is 3. The molecule has 0 unspecified atom stereocenters. The highest BCUT2D eigenvalue weighted by atomic mass is 79.9. The van der Waals surface area contributed by atoms with Gasteiger partial charge in [0.15, 0.2) is 5.82 Å². The molecule has 2 aromatic heterocycles. The fraction of sp³-hybridized carbons (Fsp3) is 0.200. The predicted molar refractivity (Wildman–Crippen MR) is 60.1 cm³/mol. The SMILES string of the molecule is Cn1c(CO)cnc1-c1cc(Br)ccn1. The van der Waals surface area contributed by atoms with Gasteiger partial charge in [-0.1, -0.05) is 15.9 Å². The van der Waals surface area contributed by atoms with E-state index >= 15 is 0 Å². The fourth-order valence-corrected chi connectivity index (χ4v) is 1.69. The molecule has 2 aromatic rings. The van der Waals surface area contributed by atoms with E-state index in [9.17, 15) is 0 Å². The Morgan fingerprint density at radius 2 is 2.27 bits per heavy atom. The maximum atomic E-state index is 9.04. The van der Waals surface area contributed by atoms with Crippen molar-refractivity contribution in [3.05, 3.63) is 34.7 Å². The molecule has 0 aliphatic carbocycles. The number of pyridine rings is 1.